The first-order valence-electron chi connectivity index (χ1n) is 5.88. The third-order valence-electron chi connectivity index (χ3n) is 2.64. The van der Waals surface area contributed by atoms with Crippen molar-refractivity contribution >= 4 is 5.78 Å². The van der Waals surface area contributed by atoms with Gasteiger partial charge in [-0.1, -0.05) is 37.6 Å². The molecule has 0 saturated heterocycles. The molecule has 1 aromatic carbocycles. The standard InChI is InChI=1S/C14H20O2/c1-4-5-10-16-12(3)14-9-7-6-8-13(14)11(2)15/h6-9,12H,4-5,10H2,1-3H3. The van der Waals surface area contributed by atoms with Crippen molar-refractivity contribution in [2.75, 3.05) is 6.61 Å². The molecule has 0 bridgehead atoms. The van der Waals surface area contributed by atoms with Crippen LogP contribution in [0.3, 0.4) is 0 Å². The average molecular weight is 220 g/mol. The SMILES string of the molecule is CCCCOC(C)c1ccccc1C(C)=O. The van der Waals surface area contributed by atoms with Crippen LogP contribution in [0.25, 0.3) is 0 Å². The van der Waals surface area contributed by atoms with Crippen LogP contribution < -0.4 is 0 Å². The van der Waals surface area contributed by atoms with Gasteiger partial charge in [0.25, 0.3) is 0 Å². The van der Waals surface area contributed by atoms with Crippen molar-refractivity contribution in [1.82, 2.24) is 0 Å². The number of ether oxygens (including phenoxy) is 1. The van der Waals surface area contributed by atoms with E-state index in [9.17, 15) is 4.79 Å². The van der Waals surface area contributed by atoms with Crippen LogP contribution >= 0.6 is 0 Å². The van der Waals surface area contributed by atoms with E-state index in [-0.39, 0.29) is 11.9 Å². The van der Waals surface area contributed by atoms with Crippen LogP contribution in [0.2, 0.25) is 0 Å². The van der Waals surface area contributed by atoms with E-state index in [0.717, 1.165) is 30.6 Å². The quantitative estimate of drug-likeness (QED) is 0.539. The predicted octanol–water partition coefficient (Wildman–Crippen LogP) is 3.77. The Morgan fingerprint density at radius 3 is 2.69 bits per heavy atom. The second-order valence-corrected chi connectivity index (χ2v) is 4.01. The molecule has 0 aromatic heterocycles. The molecule has 0 spiro atoms. The fourth-order valence-electron chi connectivity index (χ4n) is 1.67. The van der Waals surface area contributed by atoms with E-state index in [2.05, 4.69) is 6.92 Å². The lowest BCUT2D eigenvalue weighted by Gasteiger charge is -2.15. The van der Waals surface area contributed by atoms with Gasteiger partial charge in [-0.15, -0.1) is 0 Å². The molecule has 0 amide bonds. The monoisotopic (exact) mass is 220 g/mol. The van der Waals surface area contributed by atoms with Gasteiger partial charge in [0.2, 0.25) is 0 Å². The first-order chi connectivity index (χ1) is 7.66. The molecule has 2 nitrogen and oxygen atoms in total. The maximum atomic E-state index is 11.4. The number of hydrogen-bond acceptors (Lipinski definition) is 2. The topological polar surface area (TPSA) is 26.3 Å². The summed E-state index contributed by atoms with van der Waals surface area (Å²) in [4.78, 5) is 11.4. The number of carbonyl (C=O) groups is 1. The average Bonchev–Trinajstić information content (AvgIpc) is 2.29. The molecule has 0 aliphatic carbocycles. The number of carbonyl (C=O) groups excluding carboxylic acids is 1. The predicted molar refractivity (Wildman–Crippen MR) is 65.7 cm³/mol. The van der Waals surface area contributed by atoms with Crippen LogP contribution in [0.15, 0.2) is 24.3 Å². The summed E-state index contributed by atoms with van der Waals surface area (Å²) in [7, 11) is 0. The van der Waals surface area contributed by atoms with Gasteiger partial charge >= 0.3 is 0 Å². The molecular weight excluding hydrogens is 200 g/mol. The zero-order valence-corrected chi connectivity index (χ0v) is 10.3. The lowest BCUT2D eigenvalue weighted by atomic mass is 10.0. The van der Waals surface area contributed by atoms with Crippen LogP contribution in [0.1, 0.15) is 55.6 Å². The zero-order chi connectivity index (χ0) is 12.0. The fraction of sp³-hybridized carbons (Fsp3) is 0.500. The largest absolute Gasteiger partial charge is 0.374 e. The molecule has 16 heavy (non-hydrogen) atoms. The second kappa shape index (κ2) is 6.44. The maximum absolute atomic E-state index is 11.4. The number of benzene rings is 1. The highest BCUT2D eigenvalue weighted by atomic mass is 16.5. The van der Waals surface area contributed by atoms with E-state index in [4.69, 9.17) is 4.74 Å². The molecule has 0 aliphatic rings. The molecule has 1 unspecified atom stereocenters. The Bertz CT molecular complexity index is 344. The van der Waals surface area contributed by atoms with E-state index in [1.165, 1.54) is 0 Å². The Kier molecular flexibility index (Phi) is 5.20. The normalized spacial score (nSPS) is 12.4. The highest BCUT2D eigenvalue weighted by Crippen LogP contribution is 2.21. The summed E-state index contributed by atoms with van der Waals surface area (Å²) in [6, 6.07) is 7.66. The van der Waals surface area contributed by atoms with Crippen LogP contribution in [0.5, 0.6) is 0 Å². The van der Waals surface area contributed by atoms with Gasteiger partial charge in [0.05, 0.1) is 6.10 Å². The Morgan fingerprint density at radius 1 is 1.38 bits per heavy atom. The smallest absolute Gasteiger partial charge is 0.160 e. The van der Waals surface area contributed by atoms with Crippen LogP contribution in [0.4, 0.5) is 0 Å². The maximum Gasteiger partial charge on any atom is 0.160 e. The summed E-state index contributed by atoms with van der Waals surface area (Å²) < 4.78 is 5.71. The molecular formula is C14H20O2. The number of unbranched alkanes of at least 4 members (excludes halogenated alkanes) is 1. The van der Waals surface area contributed by atoms with Crippen molar-refractivity contribution in [3.8, 4) is 0 Å². The number of rotatable bonds is 6. The van der Waals surface area contributed by atoms with Gasteiger partial charge < -0.3 is 4.74 Å². The molecule has 1 aromatic rings. The third-order valence-corrected chi connectivity index (χ3v) is 2.64. The van der Waals surface area contributed by atoms with Crippen molar-refractivity contribution in [3.63, 3.8) is 0 Å². The molecule has 88 valence electrons. The second-order valence-electron chi connectivity index (χ2n) is 4.01. The zero-order valence-electron chi connectivity index (χ0n) is 10.3. The summed E-state index contributed by atoms with van der Waals surface area (Å²) >= 11 is 0. The molecule has 1 atom stereocenters. The van der Waals surface area contributed by atoms with Gasteiger partial charge in [0.1, 0.15) is 0 Å². The summed E-state index contributed by atoms with van der Waals surface area (Å²) in [5.41, 5.74) is 1.76. The number of ketones is 1. The molecule has 2 heteroatoms. The van der Waals surface area contributed by atoms with Crippen molar-refractivity contribution in [2.24, 2.45) is 0 Å². The number of Topliss-reactive ketones (excluding diaryl/α,β-unsaturated/α-hetero) is 1. The molecule has 0 N–H and O–H groups in total. The first-order valence-corrected chi connectivity index (χ1v) is 5.88. The molecule has 0 aliphatic heterocycles. The molecule has 0 heterocycles. The van der Waals surface area contributed by atoms with E-state index in [1.807, 2.05) is 31.2 Å². The highest BCUT2D eigenvalue weighted by Gasteiger charge is 2.12. The summed E-state index contributed by atoms with van der Waals surface area (Å²) in [6.45, 7) is 6.48. The van der Waals surface area contributed by atoms with Gasteiger partial charge in [0.15, 0.2) is 5.78 Å². The Balaban J connectivity index is 2.74. The number of hydrogen-bond donors (Lipinski definition) is 0. The van der Waals surface area contributed by atoms with Gasteiger partial charge in [-0.25, -0.2) is 0 Å². The van der Waals surface area contributed by atoms with E-state index in [1.54, 1.807) is 6.92 Å². The summed E-state index contributed by atoms with van der Waals surface area (Å²) in [5, 5.41) is 0. The Hall–Kier alpha value is -1.15. The van der Waals surface area contributed by atoms with E-state index < -0.39 is 0 Å². The lowest BCUT2D eigenvalue weighted by Crippen LogP contribution is -2.07. The van der Waals surface area contributed by atoms with Crippen LogP contribution in [-0.2, 0) is 4.74 Å². The minimum atomic E-state index is -0.00773. The van der Waals surface area contributed by atoms with Crippen molar-refractivity contribution in [1.29, 1.82) is 0 Å². The van der Waals surface area contributed by atoms with E-state index in [0.29, 0.717) is 0 Å². The molecule has 1 rings (SSSR count). The lowest BCUT2D eigenvalue weighted by molar-refractivity contribution is 0.0626. The minimum absolute atomic E-state index is 0.00773. The first kappa shape index (κ1) is 12.9. The highest BCUT2D eigenvalue weighted by molar-refractivity contribution is 5.95. The van der Waals surface area contributed by atoms with Crippen LogP contribution in [0, 0.1) is 0 Å². The van der Waals surface area contributed by atoms with Gasteiger partial charge in [-0.3, -0.25) is 4.79 Å². The van der Waals surface area contributed by atoms with Gasteiger partial charge in [-0.2, -0.15) is 0 Å². The van der Waals surface area contributed by atoms with Crippen molar-refractivity contribution < 1.29 is 9.53 Å². The molecule has 0 saturated carbocycles. The van der Waals surface area contributed by atoms with Gasteiger partial charge in [-0.05, 0) is 25.8 Å². The van der Waals surface area contributed by atoms with Crippen molar-refractivity contribution in [2.45, 2.75) is 39.7 Å². The third kappa shape index (κ3) is 3.46. The van der Waals surface area contributed by atoms with Gasteiger partial charge in [0, 0.05) is 12.2 Å². The van der Waals surface area contributed by atoms with Crippen LogP contribution in [-0.4, -0.2) is 12.4 Å². The Labute approximate surface area is 97.6 Å². The molecule has 0 fully saturated rings. The Morgan fingerprint density at radius 2 is 2.06 bits per heavy atom. The van der Waals surface area contributed by atoms with Crippen molar-refractivity contribution in [3.05, 3.63) is 35.4 Å². The minimum Gasteiger partial charge on any atom is -0.374 e. The summed E-state index contributed by atoms with van der Waals surface area (Å²) in [5.74, 6) is 0.0986. The summed E-state index contributed by atoms with van der Waals surface area (Å²) in [6.07, 6.45) is 2.18. The van der Waals surface area contributed by atoms with E-state index >= 15 is 0 Å². The fourth-order valence-corrected chi connectivity index (χ4v) is 1.67. The molecule has 0 radical (unpaired) electrons.